The van der Waals surface area contributed by atoms with Crippen LogP contribution in [0.4, 0.5) is 0 Å². The van der Waals surface area contributed by atoms with E-state index in [4.69, 9.17) is 42.6 Å². The molecule has 2 N–H and O–H groups in total. The van der Waals surface area contributed by atoms with E-state index in [-0.39, 0.29) is 0 Å². The summed E-state index contributed by atoms with van der Waals surface area (Å²) in [6.07, 6.45) is -13.1. The van der Waals surface area contributed by atoms with Gasteiger partial charge in [0.15, 0.2) is 43.1 Å². The van der Waals surface area contributed by atoms with Gasteiger partial charge in [0.05, 0.1) is 14.2 Å². The number of nitrogens with one attached hydrogen (secondary N) is 2. The smallest absolute Gasteiger partial charge is 0.339 e. The molecule has 43 heavy (non-hydrogen) atoms. The standard InChI is InChI=1S/C25H36N2O16/c1-9(28)26-14-16(38-11(3)30)19(21(23(34)36-7)42-24(14)37-8)41-25-15(27-10(2)29)17(39-12(4)31)18(40-13(5)32)20(43-25)22(33)35-6/h14-21,24-25H,1-8H3,(H,26,28)(H,27,29)/t14-,15-,16+,17+,18-,19-,20+,21+,24-,25+/m0/s1. The molecule has 2 aliphatic heterocycles. The highest BCUT2D eigenvalue weighted by atomic mass is 16.7. The Morgan fingerprint density at radius 1 is 0.535 bits per heavy atom. The van der Waals surface area contributed by atoms with Crippen LogP contribution < -0.4 is 10.6 Å². The van der Waals surface area contributed by atoms with E-state index in [1.54, 1.807) is 0 Å². The van der Waals surface area contributed by atoms with Gasteiger partial charge in [-0.15, -0.1) is 0 Å². The molecule has 2 aliphatic rings. The molecule has 0 unspecified atom stereocenters. The van der Waals surface area contributed by atoms with Crippen LogP contribution in [0.25, 0.3) is 0 Å². The fourth-order valence-corrected chi connectivity index (χ4v) is 4.66. The van der Waals surface area contributed by atoms with Gasteiger partial charge in [0.1, 0.15) is 18.2 Å². The van der Waals surface area contributed by atoms with Crippen molar-refractivity contribution in [2.24, 2.45) is 0 Å². The van der Waals surface area contributed by atoms with E-state index in [0.717, 1.165) is 48.8 Å². The largest absolute Gasteiger partial charge is 0.467 e. The van der Waals surface area contributed by atoms with Crippen molar-refractivity contribution in [3.05, 3.63) is 0 Å². The maximum absolute atomic E-state index is 12.9. The molecule has 242 valence electrons. The summed E-state index contributed by atoms with van der Waals surface area (Å²) in [5.74, 6) is -6.08. The van der Waals surface area contributed by atoms with Crippen LogP contribution in [0.2, 0.25) is 0 Å². The number of esters is 5. The molecule has 2 rings (SSSR count). The fraction of sp³-hybridized carbons (Fsp3) is 0.720. The summed E-state index contributed by atoms with van der Waals surface area (Å²) in [5, 5.41) is 4.98. The normalized spacial score (nSPS) is 31.9. The van der Waals surface area contributed by atoms with Gasteiger partial charge in [0.2, 0.25) is 11.8 Å². The van der Waals surface area contributed by atoms with E-state index in [0.29, 0.717) is 0 Å². The highest BCUT2D eigenvalue weighted by Gasteiger charge is 2.58. The highest BCUT2D eigenvalue weighted by Crippen LogP contribution is 2.33. The van der Waals surface area contributed by atoms with Gasteiger partial charge < -0.3 is 53.3 Å². The second kappa shape index (κ2) is 15.6. The number of rotatable bonds is 10. The second-order valence-corrected chi connectivity index (χ2v) is 9.41. The van der Waals surface area contributed by atoms with Crippen LogP contribution in [0.5, 0.6) is 0 Å². The molecule has 18 heteroatoms. The van der Waals surface area contributed by atoms with E-state index in [2.05, 4.69) is 10.6 Å². The fourth-order valence-electron chi connectivity index (χ4n) is 4.66. The minimum Gasteiger partial charge on any atom is -0.467 e. The van der Waals surface area contributed by atoms with Crippen molar-refractivity contribution in [3.8, 4) is 0 Å². The molecule has 0 spiro atoms. The van der Waals surface area contributed by atoms with Gasteiger partial charge in [-0.2, -0.15) is 0 Å². The Balaban J connectivity index is 2.73. The van der Waals surface area contributed by atoms with E-state index in [1.165, 1.54) is 7.11 Å². The molecular formula is C25H36N2O16. The van der Waals surface area contributed by atoms with Crippen LogP contribution in [-0.2, 0) is 76.2 Å². The summed E-state index contributed by atoms with van der Waals surface area (Å²) in [6, 6.07) is -2.78. The number of hydrogen-bond donors (Lipinski definition) is 2. The van der Waals surface area contributed by atoms with E-state index >= 15 is 0 Å². The zero-order valence-electron chi connectivity index (χ0n) is 24.8. The molecule has 2 saturated heterocycles. The van der Waals surface area contributed by atoms with Gasteiger partial charge in [-0.3, -0.25) is 24.0 Å². The first-order valence-corrected chi connectivity index (χ1v) is 12.9. The second-order valence-electron chi connectivity index (χ2n) is 9.41. The number of carbonyl (C=O) groups excluding carboxylic acids is 7. The van der Waals surface area contributed by atoms with E-state index in [9.17, 15) is 33.6 Å². The summed E-state index contributed by atoms with van der Waals surface area (Å²) in [6.45, 7) is 5.37. The Morgan fingerprint density at radius 2 is 0.907 bits per heavy atom. The maximum atomic E-state index is 12.9. The third-order valence-corrected chi connectivity index (χ3v) is 6.14. The number of methoxy groups -OCH3 is 3. The van der Waals surface area contributed by atoms with Gasteiger partial charge in [-0.1, -0.05) is 0 Å². The summed E-state index contributed by atoms with van der Waals surface area (Å²) < 4.78 is 48.6. The van der Waals surface area contributed by atoms with Crippen molar-refractivity contribution in [3.63, 3.8) is 0 Å². The molecule has 0 aromatic carbocycles. The SMILES string of the molecule is COC(=O)[C@@H]1O[C@@H](O[C@H]2[C@H](OC(C)=O)[C@H](NC(C)=O)[C@@H](OC)O[C@H]2C(=O)OC)[C@@H](NC(C)=O)[C@@H](OC(C)=O)[C@@H]1OC(C)=O. The lowest BCUT2D eigenvalue weighted by atomic mass is 9.93. The van der Waals surface area contributed by atoms with Crippen LogP contribution >= 0.6 is 0 Å². The van der Waals surface area contributed by atoms with Crippen molar-refractivity contribution < 1.29 is 76.2 Å². The molecule has 18 nitrogen and oxygen atoms in total. The molecule has 10 atom stereocenters. The number of amides is 2. The third-order valence-electron chi connectivity index (χ3n) is 6.14. The van der Waals surface area contributed by atoms with E-state index in [1.807, 2.05) is 0 Å². The van der Waals surface area contributed by atoms with Gasteiger partial charge in [-0.25, -0.2) is 9.59 Å². The Labute approximate surface area is 246 Å². The minimum absolute atomic E-state index is 0.599. The number of ether oxygens (including phenoxy) is 9. The molecule has 0 aromatic rings. The lowest BCUT2D eigenvalue weighted by Gasteiger charge is -2.48. The van der Waals surface area contributed by atoms with Gasteiger partial charge in [0, 0.05) is 41.7 Å². The summed E-state index contributed by atoms with van der Waals surface area (Å²) in [5.41, 5.74) is 0. The average molecular weight is 621 g/mol. The summed E-state index contributed by atoms with van der Waals surface area (Å²) >= 11 is 0. The van der Waals surface area contributed by atoms with E-state index < -0.39 is 103 Å². The quantitative estimate of drug-likeness (QED) is 0.192. The molecule has 2 amide bonds. The van der Waals surface area contributed by atoms with Crippen molar-refractivity contribution in [1.82, 2.24) is 10.6 Å². The Kier molecular flexibility index (Phi) is 12.8. The van der Waals surface area contributed by atoms with Crippen LogP contribution in [-0.4, -0.2) is 124 Å². The first-order chi connectivity index (χ1) is 20.1. The zero-order chi connectivity index (χ0) is 32.6. The van der Waals surface area contributed by atoms with Gasteiger partial charge >= 0.3 is 29.8 Å². The first kappa shape index (κ1) is 35.3. The lowest BCUT2D eigenvalue weighted by molar-refractivity contribution is -0.323. The number of hydrogen-bond acceptors (Lipinski definition) is 16. The van der Waals surface area contributed by atoms with Gasteiger partial charge in [-0.05, 0) is 0 Å². The average Bonchev–Trinajstić information content (AvgIpc) is 2.91. The molecule has 2 heterocycles. The molecular weight excluding hydrogens is 584 g/mol. The van der Waals surface area contributed by atoms with Crippen molar-refractivity contribution in [1.29, 1.82) is 0 Å². The summed E-state index contributed by atoms with van der Waals surface area (Å²) in [7, 11) is 3.25. The molecule has 0 bridgehead atoms. The molecule has 0 aromatic heterocycles. The maximum Gasteiger partial charge on any atom is 0.339 e. The Morgan fingerprint density at radius 3 is 1.30 bits per heavy atom. The monoisotopic (exact) mass is 620 g/mol. The van der Waals surface area contributed by atoms with Crippen LogP contribution in [0, 0.1) is 0 Å². The minimum atomic E-state index is -1.81. The Hall–Kier alpha value is -3.87. The zero-order valence-corrected chi connectivity index (χ0v) is 24.8. The first-order valence-electron chi connectivity index (χ1n) is 12.9. The topological polar surface area (TPSA) is 227 Å². The number of carbonyl (C=O) groups is 7. The Bertz CT molecular complexity index is 1080. The molecule has 0 saturated carbocycles. The molecule has 2 fully saturated rings. The predicted molar refractivity (Wildman–Crippen MR) is 135 cm³/mol. The predicted octanol–water partition coefficient (Wildman–Crippen LogP) is -2.38. The molecule has 0 radical (unpaired) electrons. The lowest BCUT2D eigenvalue weighted by Crippen LogP contribution is -2.71. The highest BCUT2D eigenvalue weighted by molar-refractivity contribution is 5.78. The van der Waals surface area contributed by atoms with Crippen molar-refractivity contribution in [2.45, 2.75) is 95.9 Å². The van der Waals surface area contributed by atoms with Crippen LogP contribution in [0.1, 0.15) is 34.6 Å². The van der Waals surface area contributed by atoms with Gasteiger partial charge in [0.25, 0.3) is 0 Å². The van der Waals surface area contributed by atoms with Crippen LogP contribution in [0.15, 0.2) is 0 Å². The van der Waals surface area contributed by atoms with Crippen molar-refractivity contribution in [2.75, 3.05) is 21.3 Å². The summed E-state index contributed by atoms with van der Waals surface area (Å²) in [4.78, 5) is 86.3. The molecule has 0 aliphatic carbocycles. The van der Waals surface area contributed by atoms with Crippen molar-refractivity contribution >= 4 is 41.7 Å². The van der Waals surface area contributed by atoms with Crippen LogP contribution in [0.3, 0.4) is 0 Å². The third kappa shape index (κ3) is 9.06.